The van der Waals surface area contributed by atoms with Gasteiger partial charge in [0, 0.05) is 36.2 Å². The molecule has 2 unspecified atom stereocenters. The molecule has 0 radical (unpaired) electrons. The number of amides is 2. The fraction of sp³-hybridized carbons (Fsp3) is 0.452. The first kappa shape index (κ1) is 28.2. The summed E-state index contributed by atoms with van der Waals surface area (Å²) in [7, 11) is 0. The molecule has 2 aliphatic heterocycles. The van der Waals surface area contributed by atoms with E-state index in [1.54, 1.807) is 0 Å². The molecule has 2 aromatic carbocycles. The Morgan fingerprint density at radius 3 is 2.58 bits per heavy atom. The number of carbonyl (C=O) groups is 1. The number of nitrogens with zero attached hydrogens (tertiary/aromatic N) is 3. The predicted octanol–water partition coefficient (Wildman–Crippen LogP) is 5.67. The van der Waals surface area contributed by atoms with Crippen LogP contribution in [0.4, 0.5) is 10.7 Å². The van der Waals surface area contributed by atoms with Crippen LogP contribution in [-0.2, 0) is 17.8 Å². The SMILES string of the molecule is Cc1cccc(C)c1-c1cc2nc(n1)N[S+]([O-])c1cccc(c1)CCC1CCN(C(=O)NC(C)(C)C)C[C@@H]1CO2. The van der Waals surface area contributed by atoms with Gasteiger partial charge < -0.3 is 19.5 Å². The summed E-state index contributed by atoms with van der Waals surface area (Å²) in [6.45, 7) is 11.9. The lowest BCUT2D eigenvalue weighted by Gasteiger charge is -2.39. The van der Waals surface area contributed by atoms with Crippen molar-refractivity contribution in [2.24, 2.45) is 11.8 Å². The van der Waals surface area contributed by atoms with Crippen LogP contribution >= 0.6 is 0 Å². The number of nitrogens with one attached hydrogen (secondary N) is 2. The number of benzene rings is 2. The number of ether oxygens (including phenoxy) is 1. The third-order valence-electron chi connectivity index (χ3n) is 7.65. The molecule has 2 aliphatic rings. The number of carbonyl (C=O) groups excluding carboxylic acids is 1. The number of rotatable bonds is 1. The van der Waals surface area contributed by atoms with Crippen molar-refractivity contribution in [3.8, 4) is 17.1 Å². The molecule has 2 amide bonds. The van der Waals surface area contributed by atoms with Crippen molar-refractivity contribution >= 4 is 23.3 Å². The zero-order valence-electron chi connectivity index (χ0n) is 24.0. The third kappa shape index (κ3) is 6.70. The highest BCUT2D eigenvalue weighted by atomic mass is 32.2. The second-order valence-corrected chi connectivity index (χ2v) is 13.2. The van der Waals surface area contributed by atoms with E-state index in [1.807, 2.05) is 56.0 Å². The first-order valence-electron chi connectivity index (χ1n) is 14.0. The second-order valence-electron chi connectivity index (χ2n) is 12.0. The van der Waals surface area contributed by atoms with Gasteiger partial charge in [-0.1, -0.05) is 30.3 Å². The van der Waals surface area contributed by atoms with Crippen molar-refractivity contribution in [3.05, 3.63) is 65.2 Å². The number of likely N-dealkylation sites (tertiary alicyclic amines) is 1. The summed E-state index contributed by atoms with van der Waals surface area (Å²) >= 11 is -1.53. The highest BCUT2D eigenvalue weighted by Crippen LogP contribution is 2.32. The topological polar surface area (TPSA) is 102 Å². The summed E-state index contributed by atoms with van der Waals surface area (Å²) in [6.07, 6.45) is 2.75. The van der Waals surface area contributed by atoms with E-state index in [4.69, 9.17) is 9.72 Å². The Labute approximate surface area is 240 Å². The highest BCUT2D eigenvalue weighted by Gasteiger charge is 2.33. The molecule has 5 rings (SSSR count). The molecule has 3 aromatic rings. The molecule has 4 bridgehead atoms. The van der Waals surface area contributed by atoms with Crippen LogP contribution in [0.3, 0.4) is 0 Å². The summed E-state index contributed by atoms with van der Waals surface area (Å²) < 4.78 is 22.7. The van der Waals surface area contributed by atoms with Gasteiger partial charge in [0.1, 0.15) is 11.4 Å². The summed E-state index contributed by atoms with van der Waals surface area (Å²) in [5.41, 5.74) is 4.74. The number of aryl methyl sites for hydroxylation is 3. The maximum Gasteiger partial charge on any atom is 0.317 e. The molecule has 2 N–H and O–H groups in total. The van der Waals surface area contributed by atoms with Crippen molar-refractivity contribution in [1.82, 2.24) is 20.2 Å². The molecule has 3 atom stereocenters. The van der Waals surface area contributed by atoms with Gasteiger partial charge in [-0.05, 0) is 88.6 Å². The fourth-order valence-electron chi connectivity index (χ4n) is 5.63. The molecule has 0 aliphatic carbocycles. The van der Waals surface area contributed by atoms with Crippen LogP contribution in [0.25, 0.3) is 11.3 Å². The standard InChI is InChI=1S/C31H39N5O3S/c1-20-8-6-9-21(2)28(20)26-17-27-33-29(32-26)35-40(38)25-11-7-10-22(16-25)12-13-23-14-15-36(18-24(23)19-39-27)30(37)34-31(3,4)5/h6-11,16-17,23-24H,12-15,18-19H2,1-5H3,(H,34,37)(H,32,33,35)/t23?,24-,40?/m1/s1. The van der Waals surface area contributed by atoms with E-state index in [0.29, 0.717) is 42.1 Å². The molecular weight excluding hydrogens is 522 g/mol. The zero-order valence-corrected chi connectivity index (χ0v) is 24.8. The lowest BCUT2D eigenvalue weighted by molar-refractivity contribution is 0.0872. The Balaban J connectivity index is 1.50. The Morgan fingerprint density at radius 1 is 1.07 bits per heavy atom. The molecule has 1 aromatic heterocycles. The lowest BCUT2D eigenvalue weighted by atomic mass is 9.82. The minimum atomic E-state index is -1.53. The number of hydrogen-bond donors (Lipinski definition) is 2. The Hall–Kier alpha value is -3.30. The largest absolute Gasteiger partial charge is 0.588 e. The van der Waals surface area contributed by atoms with E-state index >= 15 is 0 Å². The first-order chi connectivity index (χ1) is 19.1. The van der Waals surface area contributed by atoms with Crippen molar-refractivity contribution in [2.75, 3.05) is 24.4 Å². The molecule has 212 valence electrons. The molecule has 0 saturated carbocycles. The van der Waals surface area contributed by atoms with E-state index in [2.05, 4.69) is 47.1 Å². The second kappa shape index (κ2) is 11.7. The minimum absolute atomic E-state index is 0.0358. The number of fused-ring (bicyclic) bond motifs is 5. The van der Waals surface area contributed by atoms with Crippen molar-refractivity contribution in [2.45, 2.75) is 64.3 Å². The van der Waals surface area contributed by atoms with Crippen LogP contribution in [0.2, 0.25) is 0 Å². The van der Waals surface area contributed by atoms with E-state index in [-0.39, 0.29) is 23.4 Å². The number of hydrogen-bond acceptors (Lipinski definition) is 6. The molecule has 3 heterocycles. The number of aromatic nitrogens is 2. The van der Waals surface area contributed by atoms with Crippen LogP contribution in [0.15, 0.2) is 53.4 Å². The normalized spacial score (nSPS) is 21.4. The zero-order chi connectivity index (χ0) is 28.4. The molecule has 1 fully saturated rings. The van der Waals surface area contributed by atoms with E-state index in [1.165, 1.54) is 0 Å². The summed E-state index contributed by atoms with van der Waals surface area (Å²) in [6, 6.07) is 15.9. The molecule has 8 nitrogen and oxygen atoms in total. The van der Waals surface area contributed by atoms with Crippen molar-refractivity contribution < 1.29 is 14.1 Å². The highest BCUT2D eigenvalue weighted by molar-refractivity contribution is 7.92. The average Bonchev–Trinajstić information content (AvgIpc) is 2.89. The molecular formula is C31H39N5O3S. The van der Waals surface area contributed by atoms with E-state index in [0.717, 1.165) is 41.5 Å². The Morgan fingerprint density at radius 2 is 1.82 bits per heavy atom. The first-order valence-corrected chi connectivity index (χ1v) is 15.1. The van der Waals surface area contributed by atoms with Gasteiger partial charge in [-0.3, -0.25) is 0 Å². The summed E-state index contributed by atoms with van der Waals surface area (Å²) in [4.78, 5) is 25.0. The summed E-state index contributed by atoms with van der Waals surface area (Å²) in [5.74, 6) is 1.21. The number of anilines is 1. The maximum atomic E-state index is 13.3. The van der Waals surface area contributed by atoms with Crippen LogP contribution in [0, 0.1) is 25.7 Å². The van der Waals surface area contributed by atoms with Crippen LogP contribution in [-0.4, -0.2) is 50.7 Å². The van der Waals surface area contributed by atoms with Gasteiger partial charge in [0.2, 0.25) is 5.88 Å². The maximum absolute atomic E-state index is 13.3. The van der Waals surface area contributed by atoms with Crippen molar-refractivity contribution in [1.29, 1.82) is 0 Å². The van der Waals surface area contributed by atoms with Gasteiger partial charge in [-0.15, -0.1) is 0 Å². The Kier molecular flexibility index (Phi) is 8.24. The van der Waals surface area contributed by atoms with E-state index in [9.17, 15) is 9.35 Å². The monoisotopic (exact) mass is 561 g/mol. The van der Waals surface area contributed by atoms with Crippen LogP contribution in [0.1, 0.15) is 50.3 Å². The molecule has 40 heavy (non-hydrogen) atoms. The van der Waals surface area contributed by atoms with E-state index < -0.39 is 11.4 Å². The minimum Gasteiger partial charge on any atom is -0.588 e. The third-order valence-corrected chi connectivity index (χ3v) is 8.70. The van der Waals surface area contributed by atoms with Gasteiger partial charge in [0.05, 0.1) is 12.3 Å². The van der Waals surface area contributed by atoms with Gasteiger partial charge in [-0.25, -0.2) is 9.78 Å². The fourth-order valence-corrected chi connectivity index (χ4v) is 6.46. The Bertz CT molecular complexity index is 1360. The number of piperidine rings is 1. The number of urea groups is 1. The van der Waals surface area contributed by atoms with Gasteiger partial charge in [-0.2, -0.15) is 9.71 Å². The summed E-state index contributed by atoms with van der Waals surface area (Å²) in [5, 5.41) is 3.11. The van der Waals surface area contributed by atoms with Crippen LogP contribution < -0.4 is 14.8 Å². The smallest absolute Gasteiger partial charge is 0.317 e. The van der Waals surface area contributed by atoms with Gasteiger partial charge in [0.15, 0.2) is 4.90 Å². The predicted molar refractivity (Wildman–Crippen MR) is 159 cm³/mol. The van der Waals surface area contributed by atoms with Crippen LogP contribution in [0.5, 0.6) is 5.88 Å². The molecule has 1 saturated heterocycles. The molecule has 0 spiro atoms. The van der Waals surface area contributed by atoms with Gasteiger partial charge >= 0.3 is 6.03 Å². The lowest BCUT2D eigenvalue weighted by Crippen LogP contribution is -2.53. The average molecular weight is 562 g/mol. The molecule has 9 heteroatoms. The van der Waals surface area contributed by atoms with Gasteiger partial charge in [0.25, 0.3) is 5.95 Å². The van der Waals surface area contributed by atoms with Crippen molar-refractivity contribution in [3.63, 3.8) is 0 Å². The quantitative estimate of drug-likeness (QED) is 0.372.